The molecule has 6 heteroatoms. The Labute approximate surface area is 103 Å². The Balaban J connectivity index is 2.01. The summed E-state index contributed by atoms with van der Waals surface area (Å²) in [6, 6.07) is 0. The fourth-order valence-electron chi connectivity index (χ4n) is 2.44. The van der Waals surface area contributed by atoms with Crippen molar-refractivity contribution >= 4 is 0 Å². The van der Waals surface area contributed by atoms with Crippen LogP contribution in [0.15, 0.2) is 4.42 Å². The number of aliphatic hydroxyl groups excluding tert-OH is 1. The van der Waals surface area contributed by atoms with Crippen molar-refractivity contribution in [3.8, 4) is 0 Å². The highest BCUT2D eigenvalue weighted by molar-refractivity contribution is 5.09. The average Bonchev–Trinajstić information content (AvgIpc) is 2.69. The van der Waals surface area contributed by atoms with Gasteiger partial charge in [-0.3, -0.25) is 0 Å². The summed E-state index contributed by atoms with van der Waals surface area (Å²) in [7, 11) is 0. The van der Waals surface area contributed by atoms with Gasteiger partial charge in [-0.2, -0.15) is 13.2 Å². The van der Waals surface area contributed by atoms with Crippen LogP contribution in [-0.4, -0.2) is 16.3 Å². The average molecular weight is 263 g/mol. The molecular weight excluding hydrogens is 247 g/mol. The van der Waals surface area contributed by atoms with Crippen LogP contribution < -0.4 is 0 Å². The molecule has 1 aromatic rings. The fourth-order valence-corrected chi connectivity index (χ4v) is 2.44. The van der Waals surface area contributed by atoms with Gasteiger partial charge in [0.05, 0.1) is 11.6 Å². The van der Waals surface area contributed by atoms with Crippen molar-refractivity contribution in [3.05, 3.63) is 17.3 Å². The lowest BCUT2D eigenvalue weighted by molar-refractivity contribution is -0.182. The molecule has 1 aromatic heterocycles. The van der Waals surface area contributed by atoms with Crippen LogP contribution in [0.25, 0.3) is 0 Å². The Kier molecular flexibility index (Phi) is 3.66. The van der Waals surface area contributed by atoms with Gasteiger partial charge in [-0.25, -0.2) is 4.98 Å². The lowest BCUT2D eigenvalue weighted by Crippen LogP contribution is -2.27. The topological polar surface area (TPSA) is 46.3 Å². The molecule has 2 rings (SSSR count). The number of aryl methyl sites for hydroxylation is 1. The van der Waals surface area contributed by atoms with Crippen molar-refractivity contribution in [1.82, 2.24) is 4.98 Å². The predicted octanol–water partition coefficient (Wildman–Crippen LogP) is 3.31. The van der Waals surface area contributed by atoms with Crippen molar-refractivity contribution in [1.29, 1.82) is 0 Å². The Morgan fingerprint density at radius 1 is 1.28 bits per heavy atom. The number of halogens is 3. The van der Waals surface area contributed by atoms with E-state index in [-0.39, 0.29) is 25.4 Å². The second-order valence-electron chi connectivity index (χ2n) is 4.81. The zero-order valence-electron chi connectivity index (χ0n) is 10.1. The molecule has 0 saturated heterocycles. The molecule has 102 valence electrons. The van der Waals surface area contributed by atoms with Crippen LogP contribution >= 0.6 is 0 Å². The van der Waals surface area contributed by atoms with E-state index in [1.165, 1.54) is 0 Å². The maximum atomic E-state index is 12.5. The van der Waals surface area contributed by atoms with Gasteiger partial charge in [0.15, 0.2) is 11.7 Å². The number of alkyl halides is 3. The van der Waals surface area contributed by atoms with Gasteiger partial charge in [0.1, 0.15) is 6.61 Å². The minimum absolute atomic E-state index is 0.0531. The molecule has 0 radical (unpaired) electrons. The molecule has 1 fully saturated rings. The third-order valence-corrected chi connectivity index (χ3v) is 3.59. The molecular formula is C12H16F3NO2. The Hall–Kier alpha value is -1.04. The maximum Gasteiger partial charge on any atom is 0.391 e. The molecule has 0 spiro atoms. The van der Waals surface area contributed by atoms with Crippen LogP contribution in [0.3, 0.4) is 0 Å². The first kappa shape index (κ1) is 13.4. The summed E-state index contributed by atoms with van der Waals surface area (Å²) < 4.78 is 42.9. The Bertz CT molecular complexity index is 406. The molecule has 18 heavy (non-hydrogen) atoms. The summed E-state index contributed by atoms with van der Waals surface area (Å²) in [5.74, 6) is -0.371. The number of hydrogen-bond donors (Lipinski definition) is 1. The van der Waals surface area contributed by atoms with Gasteiger partial charge in [-0.15, -0.1) is 0 Å². The molecule has 0 bridgehead atoms. The van der Waals surface area contributed by atoms with Gasteiger partial charge in [-0.1, -0.05) is 0 Å². The maximum absolute atomic E-state index is 12.5. The van der Waals surface area contributed by atoms with Crippen LogP contribution in [0.2, 0.25) is 0 Å². The van der Waals surface area contributed by atoms with Crippen LogP contribution in [0, 0.1) is 12.8 Å². The van der Waals surface area contributed by atoms with Crippen molar-refractivity contribution in [2.45, 2.75) is 51.3 Å². The summed E-state index contributed by atoms with van der Waals surface area (Å²) in [5, 5.41) is 9.00. The molecule has 0 atom stereocenters. The smallest absolute Gasteiger partial charge is 0.391 e. The largest absolute Gasteiger partial charge is 0.443 e. The number of aromatic nitrogens is 1. The second-order valence-corrected chi connectivity index (χ2v) is 4.81. The molecule has 0 amide bonds. The van der Waals surface area contributed by atoms with Crippen molar-refractivity contribution in [3.63, 3.8) is 0 Å². The molecule has 1 heterocycles. The number of oxazole rings is 1. The zero-order chi connectivity index (χ0) is 13.3. The van der Waals surface area contributed by atoms with Gasteiger partial charge in [0, 0.05) is 5.92 Å². The van der Waals surface area contributed by atoms with Crippen molar-refractivity contribution in [2.75, 3.05) is 0 Å². The van der Waals surface area contributed by atoms with Gasteiger partial charge < -0.3 is 9.52 Å². The minimum atomic E-state index is -4.09. The predicted molar refractivity (Wildman–Crippen MR) is 57.9 cm³/mol. The monoisotopic (exact) mass is 263 g/mol. The van der Waals surface area contributed by atoms with E-state index in [1.54, 1.807) is 6.92 Å². The summed E-state index contributed by atoms with van der Waals surface area (Å²) >= 11 is 0. The molecule has 3 nitrogen and oxygen atoms in total. The van der Waals surface area contributed by atoms with Crippen molar-refractivity contribution in [2.24, 2.45) is 5.92 Å². The van der Waals surface area contributed by atoms with E-state index in [2.05, 4.69) is 4.98 Å². The fraction of sp³-hybridized carbons (Fsp3) is 0.750. The Morgan fingerprint density at radius 3 is 2.33 bits per heavy atom. The van der Waals surface area contributed by atoms with E-state index >= 15 is 0 Å². The SMILES string of the molecule is Cc1nc(C2CCC(C(F)(F)F)CC2)oc1CO. The molecule has 1 aliphatic carbocycles. The normalized spacial score (nSPS) is 25.4. The molecule has 0 aliphatic heterocycles. The molecule has 1 N–H and O–H groups in total. The molecule has 0 unspecified atom stereocenters. The molecule has 1 aliphatic rings. The van der Waals surface area contributed by atoms with E-state index in [1.807, 2.05) is 0 Å². The number of hydrogen-bond acceptors (Lipinski definition) is 3. The highest BCUT2D eigenvalue weighted by atomic mass is 19.4. The van der Waals surface area contributed by atoms with Gasteiger partial charge in [-0.05, 0) is 32.6 Å². The van der Waals surface area contributed by atoms with Crippen LogP contribution in [-0.2, 0) is 6.61 Å². The molecule has 0 aromatic carbocycles. The van der Waals surface area contributed by atoms with E-state index in [0.29, 0.717) is 30.2 Å². The number of nitrogens with zero attached hydrogens (tertiary/aromatic N) is 1. The van der Waals surface area contributed by atoms with Crippen LogP contribution in [0.5, 0.6) is 0 Å². The highest BCUT2D eigenvalue weighted by Gasteiger charge is 2.42. The standard InChI is InChI=1S/C12H16F3NO2/c1-7-10(6-17)18-11(16-7)8-2-4-9(5-3-8)12(13,14)15/h8-9,17H,2-6H2,1H3. The summed E-state index contributed by atoms with van der Waals surface area (Å²) in [5.41, 5.74) is 0.616. The number of rotatable bonds is 2. The first-order chi connectivity index (χ1) is 8.41. The first-order valence-corrected chi connectivity index (χ1v) is 6.05. The van der Waals surface area contributed by atoms with Crippen LogP contribution in [0.4, 0.5) is 13.2 Å². The van der Waals surface area contributed by atoms with Gasteiger partial charge in [0.25, 0.3) is 0 Å². The third-order valence-electron chi connectivity index (χ3n) is 3.59. The van der Waals surface area contributed by atoms with Crippen LogP contribution in [0.1, 0.15) is 48.9 Å². The first-order valence-electron chi connectivity index (χ1n) is 6.05. The molecule has 1 saturated carbocycles. The quantitative estimate of drug-likeness (QED) is 0.890. The number of aliphatic hydroxyl groups is 1. The zero-order valence-corrected chi connectivity index (χ0v) is 10.1. The third kappa shape index (κ3) is 2.68. The Morgan fingerprint density at radius 2 is 1.89 bits per heavy atom. The van der Waals surface area contributed by atoms with E-state index in [4.69, 9.17) is 9.52 Å². The lowest BCUT2D eigenvalue weighted by atomic mass is 9.81. The van der Waals surface area contributed by atoms with E-state index in [9.17, 15) is 13.2 Å². The summed E-state index contributed by atoms with van der Waals surface area (Å²) in [4.78, 5) is 4.18. The summed E-state index contributed by atoms with van der Waals surface area (Å²) in [6.07, 6.45) is -2.95. The van der Waals surface area contributed by atoms with Crippen molar-refractivity contribution < 1.29 is 22.7 Å². The van der Waals surface area contributed by atoms with E-state index < -0.39 is 12.1 Å². The highest BCUT2D eigenvalue weighted by Crippen LogP contribution is 2.42. The lowest BCUT2D eigenvalue weighted by Gasteiger charge is -2.28. The summed E-state index contributed by atoms with van der Waals surface area (Å²) in [6.45, 7) is 1.50. The minimum Gasteiger partial charge on any atom is -0.443 e. The van der Waals surface area contributed by atoms with E-state index in [0.717, 1.165) is 0 Å². The second kappa shape index (κ2) is 4.91. The van der Waals surface area contributed by atoms with Gasteiger partial charge in [0.2, 0.25) is 0 Å². The van der Waals surface area contributed by atoms with Gasteiger partial charge >= 0.3 is 6.18 Å².